The summed E-state index contributed by atoms with van der Waals surface area (Å²) in [6.07, 6.45) is 2.11. The highest BCUT2D eigenvalue weighted by atomic mass is 19.1. The van der Waals surface area contributed by atoms with Crippen molar-refractivity contribution in [2.24, 2.45) is 0 Å². The highest BCUT2D eigenvalue weighted by molar-refractivity contribution is 5.54. The van der Waals surface area contributed by atoms with E-state index >= 15 is 0 Å². The van der Waals surface area contributed by atoms with Gasteiger partial charge in [-0.2, -0.15) is 0 Å². The van der Waals surface area contributed by atoms with E-state index in [4.69, 9.17) is 0 Å². The first kappa shape index (κ1) is 14.0. The quantitative estimate of drug-likeness (QED) is 0.734. The van der Waals surface area contributed by atoms with E-state index in [2.05, 4.69) is 19.2 Å². The molecule has 0 saturated carbocycles. The van der Waals surface area contributed by atoms with Gasteiger partial charge in [-0.15, -0.1) is 0 Å². The molecule has 0 aliphatic carbocycles. The van der Waals surface area contributed by atoms with Crippen molar-refractivity contribution in [3.8, 4) is 0 Å². The number of benzene rings is 1. The van der Waals surface area contributed by atoms with Crippen LogP contribution in [0.25, 0.3) is 0 Å². The summed E-state index contributed by atoms with van der Waals surface area (Å²) in [6.45, 7) is 6.80. The van der Waals surface area contributed by atoms with E-state index in [0.717, 1.165) is 43.7 Å². The van der Waals surface area contributed by atoms with Gasteiger partial charge in [0.05, 0.1) is 5.69 Å². The molecule has 0 fully saturated rings. The van der Waals surface area contributed by atoms with Gasteiger partial charge in [0.1, 0.15) is 5.82 Å². The largest absolute Gasteiger partial charge is 0.372 e. The third-order valence-electron chi connectivity index (χ3n) is 2.75. The first-order chi connectivity index (χ1) is 8.20. The zero-order valence-corrected chi connectivity index (χ0v) is 11.1. The van der Waals surface area contributed by atoms with Gasteiger partial charge in [0.2, 0.25) is 0 Å². The minimum absolute atomic E-state index is 0.128. The van der Waals surface area contributed by atoms with Crippen molar-refractivity contribution in [1.82, 2.24) is 5.32 Å². The van der Waals surface area contributed by atoms with Gasteiger partial charge in [-0.05, 0) is 31.0 Å². The topological polar surface area (TPSA) is 15.3 Å². The van der Waals surface area contributed by atoms with Crippen molar-refractivity contribution in [3.63, 3.8) is 0 Å². The molecule has 17 heavy (non-hydrogen) atoms. The molecule has 1 aromatic rings. The van der Waals surface area contributed by atoms with Crippen molar-refractivity contribution < 1.29 is 4.39 Å². The molecule has 1 N–H and O–H groups in total. The van der Waals surface area contributed by atoms with Crippen LogP contribution in [-0.4, -0.2) is 20.1 Å². The average Bonchev–Trinajstić information content (AvgIpc) is 2.29. The predicted octanol–water partition coefficient (Wildman–Crippen LogP) is 3.17. The zero-order valence-electron chi connectivity index (χ0n) is 11.1. The van der Waals surface area contributed by atoms with Gasteiger partial charge in [-0.25, -0.2) is 4.39 Å². The summed E-state index contributed by atoms with van der Waals surface area (Å²) in [5, 5.41) is 3.32. The van der Waals surface area contributed by atoms with Crippen LogP contribution in [0.3, 0.4) is 0 Å². The Morgan fingerprint density at radius 2 is 2.00 bits per heavy atom. The molecule has 0 unspecified atom stereocenters. The Morgan fingerprint density at radius 3 is 2.65 bits per heavy atom. The fraction of sp³-hybridized carbons (Fsp3) is 0.571. The Labute approximate surface area is 104 Å². The van der Waals surface area contributed by atoms with Crippen molar-refractivity contribution in [2.75, 3.05) is 25.0 Å². The molecule has 2 nitrogen and oxygen atoms in total. The van der Waals surface area contributed by atoms with E-state index in [1.165, 1.54) is 6.07 Å². The van der Waals surface area contributed by atoms with Gasteiger partial charge in [-0.3, -0.25) is 0 Å². The Kier molecular flexibility index (Phi) is 5.98. The molecule has 0 bridgehead atoms. The maximum absolute atomic E-state index is 13.9. The molecule has 0 atom stereocenters. The fourth-order valence-electron chi connectivity index (χ4n) is 1.98. The van der Waals surface area contributed by atoms with Crippen LogP contribution in [-0.2, 0) is 6.54 Å². The predicted molar refractivity (Wildman–Crippen MR) is 72.0 cm³/mol. The Morgan fingerprint density at radius 1 is 1.24 bits per heavy atom. The van der Waals surface area contributed by atoms with Gasteiger partial charge in [0.25, 0.3) is 0 Å². The lowest BCUT2D eigenvalue weighted by Gasteiger charge is -2.22. The first-order valence-electron chi connectivity index (χ1n) is 6.39. The Bertz CT molecular complexity index is 339. The highest BCUT2D eigenvalue weighted by Gasteiger charge is 2.11. The van der Waals surface area contributed by atoms with Crippen LogP contribution in [0.2, 0.25) is 0 Å². The van der Waals surface area contributed by atoms with E-state index in [9.17, 15) is 4.39 Å². The van der Waals surface area contributed by atoms with Gasteiger partial charge < -0.3 is 10.2 Å². The number of para-hydroxylation sites is 1. The molecule has 3 heteroatoms. The number of hydrogen-bond acceptors (Lipinski definition) is 2. The van der Waals surface area contributed by atoms with Crippen LogP contribution in [0.5, 0.6) is 0 Å². The smallest absolute Gasteiger partial charge is 0.146 e. The lowest BCUT2D eigenvalue weighted by Crippen LogP contribution is -2.23. The molecule has 96 valence electrons. The van der Waals surface area contributed by atoms with Crippen molar-refractivity contribution in [2.45, 2.75) is 33.2 Å². The fourth-order valence-corrected chi connectivity index (χ4v) is 1.98. The molecule has 0 heterocycles. The lowest BCUT2D eigenvalue weighted by atomic mass is 10.1. The number of halogens is 1. The highest BCUT2D eigenvalue weighted by Crippen LogP contribution is 2.23. The molecular weight excluding hydrogens is 215 g/mol. The summed E-state index contributed by atoms with van der Waals surface area (Å²) in [5.41, 5.74) is 1.77. The molecule has 0 radical (unpaired) electrons. The lowest BCUT2D eigenvalue weighted by molar-refractivity contribution is 0.612. The van der Waals surface area contributed by atoms with Gasteiger partial charge >= 0.3 is 0 Å². The van der Waals surface area contributed by atoms with E-state index in [-0.39, 0.29) is 5.82 Å². The SMILES string of the molecule is CCCNCc1cccc(F)c1N(C)CCC. The third kappa shape index (κ3) is 4.00. The van der Waals surface area contributed by atoms with Crippen LogP contribution in [0, 0.1) is 5.82 Å². The number of rotatable bonds is 7. The Balaban J connectivity index is 2.83. The van der Waals surface area contributed by atoms with E-state index in [1.807, 2.05) is 18.0 Å². The van der Waals surface area contributed by atoms with E-state index < -0.39 is 0 Å². The summed E-state index contributed by atoms with van der Waals surface area (Å²) < 4.78 is 13.9. The van der Waals surface area contributed by atoms with Crippen molar-refractivity contribution in [3.05, 3.63) is 29.6 Å². The standard InChI is InChI=1S/C14H23FN2/c1-4-9-16-11-12-7-6-8-13(15)14(12)17(3)10-5-2/h6-8,16H,4-5,9-11H2,1-3H3. The number of hydrogen-bond donors (Lipinski definition) is 1. The molecule has 0 aliphatic rings. The van der Waals surface area contributed by atoms with E-state index in [0.29, 0.717) is 0 Å². The van der Waals surface area contributed by atoms with Crippen LogP contribution in [0.15, 0.2) is 18.2 Å². The molecule has 1 rings (SSSR count). The van der Waals surface area contributed by atoms with Crippen LogP contribution >= 0.6 is 0 Å². The second kappa shape index (κ2) is 7.28. The molecule has 0 amide bonds. The van der Waals surface area contributed by atoms with Crippen molar-refractivity contribution in [1.29, 1.82) is 0 Å². The average molecular weight is 238 g/mol. The molecule has 0 spiro atoms. The second-order valence-corrected chi connectivity index (χ2v) is 4.35. The van der Waals surface area contributed by atoms with Crippen LogP contribution in [0.4, 0.5) is 10.1 Å². The van der Waals surface area contributed by atoms with Crippen molar-refractivity contribution >= 4 is 5.69 Å². The molecule has 0 aromatic heterocycles. The molecular formula is C14H23FN2. The third-order valence-corrected chi connectivity index (χ3v) is 2.75. The minimum atomic E-state index is -0.128. The molecule has 0 saturated heterocycles. The monoisotopic (exact) mass is 238 g/mol. The van der Waals surface area contributed by atoms with Gasteiger partial charge in [0, 0.05) is 20.1 Å². The molecule has 1 aromatic carbocycles. The maximum atomic E-state index is 13.9. The second-order valence-electron chi connectivity index (χ2n) is 4.35. The maximum Gasteiger partial charge on any atom is 0.146 e. The summed E-state index contributed by atoms with van der Waals surface area (Å²) in [4.78, 5) is 2.00. The Hall–Kier alpha value is -1.09. The summed E-state index contributed by atoms with van der Waals surface area (Å²) >= 11 is 0. The van der Waals surface area contributed by atoms with Gasteiger partial charge in [-0.1, -0.05) is 26.0 Å². The van der Waals surface area contributed by atoms with E-state index in [1.54, 1.807) is 6.07 Å². The minimum Gasteiger partial charge on any atom is -0.372 e. The summed E-state index contributed by atoms with van der Waals surface area (Å²) in [7, 11) is 1.95. The number of nitrogens with one attached hydrogen (secondary N) is 1. The molecule has 0 aliphatic heterocycles. The number of anilines is 1. The first-order valence-corrected chi connectivity index (χ1v) is 6.39. The van der Waals surface area contributed by atoms with Gasteiger partial charge in [0.15, 0.2) is 0 Å². The number of nitrogens with zero attached hydrogens (tertiary/aromatic N) is 1. The normalized spacial score (nSPS) is 10.6. The summed E-state index contributed by atoms with van der Waals surface area (Å²) in [6, 6.07) is 5.31. The summed E-state index contributed by atoms with van der Waals surface area (Å²) in [5.74, 6) is -0.128. The zero-order chi connectivity index (χ0) is 12.7. The van der Waals surface area contributed by atoms with Crippen LogP contribution < -0.4 is 10.2 Å². The van der Waals surface area contributed by atoms with Crippen LogP contribution in [0.1, 0.15) is 32.3 Å².